The van der Waals surface area contributed by atoms with Crippen molar-refractivity contribution in [3.63, 3.8) is 0 Å². The van der Waals surface area contributed by atoms with E-state index in [4.69, 9.17) is 16.3 Å². The molecule has 0 aliphatic rings. The summed E-state index contributed by atoms with van der Waals surface area (Å²) in [5.74, 6) is -0.339. The minimum absolute atomic E-state index is 0.339. The zero-order valence-electron chi connectivity index (χ0n) is 11.1. The third kappa shape index (κ3) is 3.83. The Morgan fingerprint density at radius 1 is 1.05 bits per heavy atom. The number of carbonyl (C=O) groups is 1. The van der Waals surface area contributed by atoms with Gasteiger partial charge in [0.2, 0.25) is 0 Å². The summed E-state index contributed by atoms with van der Waals surface area (Å²) in [6.07, 6.45) is 0. The van der Waals surface area contributed by atoms with Crippen molar-refractivity contribution in [2.75, 3.05) is 7.11 Å². The molecule has 20 heavy (non-hydrogen) atoms. The Labute approximate surface area is 123 Å². The summed E-state index contributed by atoms with van der Waals surface area (Å²) in [5, 5.41) is 0.702. The summed E-state index contributed by atoms with van der Waals surface area (Å²) < 4.78 is 10.3. The number of benzene rings is 2. The van der Waals surface area contributed by atoms with Gasteiger partial charge in [-0.15, -0.1) is 0 Å². The van der Waals surface area contributed by atoms with E-state index in [2.05, 4.69) is 4.74 Å². The Morgan fingerprint density at radius 3 is 2.40 bits per heavy atom. The third-order valence-corrected chi connectivity index (χ3v) is 3.23. The van der Waals surface area contributed by atoms with E-state index >= 15 is 0 Å². The van der Waals surface area contributed by atoms with Crippen molar-refractivity contribution in [2.24, 2.45) is 0 Å². The Morgan fingerprint density at radius 2 is 1.75 bits per heavy atom. The lowest BCUT2D eigenvalue weighted by Crippen LogP contribution is -2.01. The Kier molecular flexibility index (Phi) is 5.16. The van der Waals surface area contributed by atoms with Crippen LogP contribution in [0.4, 0.5) is 0 Å². The lowest BCUT2D eigenvalue weighted by atomic mass is 10.1. The maximum absolute atomic E-state index is 11.3. The van der Waals surface area contributed by atoms with Crippen LogP contribution in [0.2, 0.25) is 5.02 Å². The first-order chi connectivity index (χ1) is 9.70. The lowest BCUT2D eigenvalue weighted by Gasteiger charge is -2.07. The van der Waals surface area contributed by atoms with Crippen LogP contribution in [0, 0.1) is 0 Å². The highest BCUT2D eigenvalue weighted by atomic mass is 35.5. The van der Waals surface area contributed by atoms with Crippen molar-refractivity contribution < 1.29 is 14.3 Å². The second kappa shape index (κ2) is 7.08. The highest BCUT2D eigenvalue weighted by Gasteiger charge is 2.04. The van der Waals surface area contributed by atoms with Gasteiger partial charge in [0.15, 0.2) is 0 Å². The first-order valence-corrected chi connectivity index (χ1v) is 6.57. The standard InChI is InChI=1S/C16H15ClO3/c1-19-16(18)13-8-6-12(7-9-13)10-20-11-14-4-2-3-5-15(14)17/h2-9H,10-11H2,1H3. The molecule has 0 aliphatic carbocycles. The van der Waals surface area contributed by atoms with E-state index in [0.29, 0.717) is 23.8 Å². The number of halogens is 1. The molecule has 0 aliphatic heterocycles. The number of methoxy groups -OCH3 is 1. The molecule has 0 aromatic heterocycles. The molecule has 0 saturated heterocycles. The maximum Gasteiger partial charge on any atom is 0.337 e. The number of rotatable bonds is 5. The molecule has 0 radical (unpaired) electrons. The molecule has 0 saturated carbocycles. The number of ether oxygens (including phenoxy) is 2. The zero-order valence-corrected chi connectivity index (χ0v) is 11.9. The molecule has 3 nitrogen and oxygen atoms in total. The first kappa shape index (κ1) is 14.6. The summed E-state index contributed by atoms with van der Waals surface area (Å²) in [7, 11) is 1.36. The molecule has 104 valence electrons. The predicted octanol–water partition coefficient (Wildman–Crippen LogP) is 3.84. The van der Waals surface area contributed by atoms with Crippen molar-refractivity contribution in [3.05, 3.63) is 70.2 Å². The smallest absolute Gasteiger partial charge is 0.337 e. The Bertz CT molecular complexity index is 579. The monoisotopic (exact) mass is 290 g/mol. The van der Waals surface area contributed by atoms with Crippen LogP contribution in [0.15, 0.2) is 48.5 Å². The molecular weight excluding hydrogens is 276 g/mol. The van der Waals surface area contributed by atoms with Gasteiger partial charge in [-0.2, -0.15) is 0 Å². The Balaban J connectivity index is 1.88. The first-order valence-electron chi connectivity index (χ1n) is 6.19. The number of hydrogen-bond acceptors (Lipinski definition) is 3. The molecule has 0 atom stereocenters. The van der Waals surface area contributed by atoms with E-state index < -0.39 is 0 Å². The summed E-state index contributed by atoms with van der Waals surface area (Å²) in [6, 6.07) is 14.7. The van der Waals surface area contributed by atoms with Gasteiger partial charge < -0.3 is 9.47 Å². The van der Waals surface area contributed by atoms with E-state index in [1.165, 1.54) is 7.11 Å². The summed E-state index contributed by atoms with van der Waals surface area (Å²) in [6.45, 7) is 0.922. The van der Waals surface area contributed by atoms with Crippen LogP contribution in [0.3, 0.4) is 0 Å². The highest BCUT2D eigenvalue weighted by Crippen LogP contribution is 2.16. The quantitative estimate of drug-likeness (QED) is 0.785. The van der Waals surface area contributed by atoms with E-state index in [-0.39, 0.29) is 5.97 Å². The molecule has 2 aromatic rings. The van der Waals surface area contributed by atoms with Gasteiger partial charge in [0.25, 0.3) is 0 Å². The average Bonchev–Trinajstić information content (AvgIpc) is 2.49. The molecule has 2 rings (SSSR count). The van der Waals surface area contributed by atoms with Crippen LogP contribution in [-0.4, -0.2) is 13.1 Å². The largest absolute Gasteiger partial charge is 0.465 e. The minimum Gasteiger partial charge on any atom is -0.465 e. The molecule has 4 heteroatoms. The normalized spacial score (nSPS) is 10.3. The molecule has 0 amide bonds. The molecule has 0 N–H and O–H groups in total. The molecule has 0 heterocycles. The maximum atomic E-state index is 11.3. The lowest BCUT2D eigenvalue weighted by molar-refractivity contribution is 0.0600. The van der Waals surface area contributed by atoms with Crippen molar-refractivity contribution in [3.8, 4) is 0 Å². The second-order valence-electron chi connectivity index (χ2n) is 4.27. The number of hydrogen-bond donors (Lipinski definition) is 0. The van der Waals surface area contributed by atoms with E-state index in [0.717, 1.165) is 11.1 Å². The number of esters is 1. The SMILES string of the molecule is COC(=O)c1ccc(COCc2ccccc2Cl)cc1. The van der Waals surface area contributed by atoms with Gasteiger partial charge in [-0.25, -0.2) is 4.79 Å². The van der Waals surface area contributed by atoms with E-state index in [1.54, 1.807) is 12.1 Å². The summed E-state index contributed by atoms with van der Waals surface area (Å²) >= 11 is 6.05. The van der Waals surface area contributed by atoms with Crippen molar-refractivity contribution in [1.82, 2.24) is 0 Å². The second-order valence-corrected chi connectivity index (χ2v) is 4.68. The average molecular weight is 291 g/mol. The van der Waals surface area contributed by atoms with Crippen LogP contribution in [-0.2, 0) is 22.7 Å². The van der Waals surface area contributed by atoms with Gasteiger partial charge >= 0.3 is 5.97 Å². The fraction of sp³-hybridized carbons (Fsp3) is 0.188. The number of carbonyl (C=O) groups excluding carboxylic acids is 1. The van der Waals surface area contributed by atoms with Gasteiger partial charge in [0.1, 0.15) is 0 Å². The summed E-state index contributed by atoms with van der Waals surface area (Å²) in [5.41, 5.74) is 2.48. The van der Waals surface area contributed by atoms with Gasteiger partial charge in [-0.1, -0.05) is 41.9 Å². The van der Waals surface area contributed by atoms with Crippen molar-refractivity contribution in [2.45, 2.75) is 13.2 Å². The fourth-order valence-electron chi connectivity index (χ4n) is 1.75. The van der Waals surface area contributed by atoms with Crippen LogP contribution >= 0.6 is 11.6 Å². The molecular formula is C16H15ClO3. The van der Waals surface area contributed by atoms with Crippen LogP contribution in [0.1, 0.15) is 21.5 Å². The van der Waals surface area contributed by atoms with Crippen LogP contribution in [0.5, 0.6) is 0 Å². The molecule has 0 unspecified atom stereocenters. The van der Waals surface area contributed by atoms with Crippen LogP contribution < -0.4 is 0 Å². The van der Waals surface area contributed by atoms with Gasteiger partial charge in [-0.3, -0.25) is 0 Å². The van der Waals surface area contributed by atoms with Crippen LogP contribution in [0.25, 0.3) is 0 Å². The van der Waals surface area contributed by atoms with Gasteiger partial charge in [-0.05, 0) is 29.3 Å². The minimum atomic E-state index is -0.339. The van der Waals surface area contributed by atoms with E-state index in [1.807, 2.05) is 36.4 Å². The van der Waals surface area contributed by atoms with Crippen molar-refractivity contribution >= 4 is 17.6 Å². The molecule has 0 fully saturated rings. The van der Waals surface area contributed by atoms with Gasteiger partial charge in [0.05, 0.1) is 25.9 Å². The molecule has 0 bridgehead atoms. The third-order valence-electron chi connectivity index (χ3n) is 2.86. The topological polar surface area (TPSA) is 35.5 Å². The highest BCUT2D eigenvalue weighted by molar-refractivity contribution is 6.31. The molecule has 0 spiro atoms. The van der Waals surface area contributed by atoms with E-state index in [9.17, 15) is 4.79 Å². The fourth-order valence-corrected chi connectivity index (χ4v) is 1.94. The summed E-state index contributed by atoms with van der Waals surface area (Å²) in [4.78, 5) is 11.3. The van der Waals surface area contributed by atoms with Crippen molar-refractivity contribution in [1.29, 1.82) is 0 Å². The van der Waals surface area contributed by atoms with Gasteiger partial charge in [0, 0.05) is 5.02 Å². The Hall–Kier alpha value is -1.84. The zero-order chi connectivity index (χ0) is 14.4. The predicted molar refractivity (Wildman–Crippen MR) is 77.7 cm³/mol. The molecule has 2 aromatic carbocycles.